The quantitative estimate of drug-likeness (QED) is 0.172. The molecule has 0 saturated carbocycles. The molecule has 2 aliphatic heterocycles. The van der Waals surface area contributed by atoms with Crippen LogP contribution in [0.5, 0.6) is 0 Å². The van der Waals surface area contributed by atoms with Crippen LogP contribution in [0.1, 0.15) is 126 Å². The standard InChI is InChI=1S/C28H52O4P2/c1-25(2)16-20(17-26(3,4)33-25)22(14-12-10-9-11-13-15-23(29)30)24(31)32-21-18-27(5,6)34-28(7,8)19-21/h20-22,33-34H,9-19H2,1-8H3,(H,29,30). The molecule has 2 heterocycles. The number of carboxylic acids is 1. The summed E-state index contributed by atoms with van der Waals surface area (Å²) < 4.78 is 6.34. The van der Waals surface area contributed by atoms with Crippen LogP contribution in [-0.4, -0.2) is 43.8 Å². The monoisotopic (exact) mass is 514 g/mol. The van der Waals surface area contributed by atoms with E-state index in [0.717, 1.165) is 81.4 Å². The molecule has 0 spiro atoms. The number of hydrogen-bond acceptors (Lipinski definition) is 3. The maximum atomic E-state index is 13.7. The van der Waals surface area contributed by atoms with E-state index in [1.807, 2.05) is 0 Å². The predicted molar refractivity (Wildman–Crippen MR) is 148 cm³/mol. The molecule has 0 radical (unpaired) electrons. The van der Waals surface area contributed by atoms with E-state index in [4.69, 9.17) is 9.84 Å². The van der Waals surface area contributed by atoms with E-state index in [1.165, 1.54) is 0 Å². The Morgan fingerprint density at radius 1 is 0.765 bits per heavy atom. The summed E-state index contributed by atoms with van der Waals surface area (Å²) in [6.45, 7) is 18.8. The van der Waals surface area contributed by atoms with Crippen molar-refractivity contribution < 1.29 is 19.4 Å². The minimum Gasteiger partial charge on any atom is -0.481 e. The van der Waals surface area contributed by atoms with Gasteiger partial charge in [0.15, 0.2) is 0 Å². The van der Waals surface area contributed by atoms with Gasteiger partial charge in [0.1, 0.15) is 6.10 Å². The lowest BCUT2D eigenvalue weighted by Crippen LogP contribution is -2.43. The molecule has 0 amide bonds. The summed E-state index contributed by atoms with van der Waals surface area (Å²) >= 11 is 0. The summed E-state index contributed by atoms with van der Waals surface area (Å²) in [5.41, 5.74) is 0. The fourth-order valence-electron chi connectivity index (χ4n) is 6.97. The molecular formula is C28H52O4P2. The first-order chi connectivity index (χ1) is 15.5. The summed E-state index contributed by atoms with van der Waals surface area (Å²) in [7, 11) is 1.81. The highest BCUT2D eigenvalue weighted by atomic mass is 31.1. The molecule has 0 aromatic carbocycles. The normalized spacial score (nSPS) is 29.5. The number of ether oxygens (including phenoxy) is 1. The van der Waals surface area contributed by atoms with Crippen LogP contribution >= 0.6 is 17.2 Å². The molecule has 2 rings (SSSR count). The number of aliphatic carboxylic acids is 1. The lowest BCUT2D eigenvalue weighted by atomic mass is 9.76. The fourth-order valence-corrected chi connectivity index (χ4v) is 12.0. The van der Waals surface area contributed by atoms with Gasteiger partial charge in [0.25, 0.3) is 0 Å². The van der Waals surface area contributed by atoms with Crippen molar-refractivity contribution in [2.45, 2.75) is 153 Å². The Kier molecular flexibility index (Phi) is 10.5. The Labute approximate surface area is 213 Å². The third kappa shape index (κ3) is 10.4. The first-order valence-corrected chi connectivity index (χ1v) is 15.5. The third-order valence-corrected chi connectivity index (χ3v) is 11.0. The van der Waals surface area contributed by atoms with E-state index in [-0.39, 0.29) is 45.0 Å². The van der Waals surface area contributed by atoms with E-state index in [9.17, 15) is 9.59 Å². The zero-order chi connectivity index (χ0) is 25.8. The summed E-state index contributed by atoms with van der Waals surface area (Å²) in [4.78, 5) is 24.4. The van der Waals surface area contributed by atoms with E-state index >= 15 is 0 Å². The average molecular weight is 515 g/mol. The van der Waals surface area contributed by atoms with Crippen LogP contribution in [0.3, 0.4) is 0 Å². The van der Waals surface area contributed by atoms with Gasteiger partial charge in [0.05, 0.1) is 5.92 Å². The van der Waals surface area contributed by atoms with Crippen molar-refractivity contribution in [1.29, 1.82) is 0 Å². The Morgan fingerprint density at radius 3 is 1.71 bits per heavy atom. The molecule has 4 nitrogen and oxygen atoms in total. The summed E-state index contributed by atoms with van der Waals surface area (Å²) in [6, 6.07) is 0. The predicted octanol–water partition coefficient (Wildman–Crippen LogP) is 8.00. The number of carboxylic acid groups (broad SMARTS) is 1. The summed E-state index contributed by atoms with van der Waals surface area (Å²) in [6.07, 6.45) is 10.2. The lowest BCUT2D eigenvalue weighted by molar-refractivity contribution is -0.158. The van der Waals surface area contributed by atoms with E-state index in [2.05, 4.69) is 55.4 Å². The number of hydrogen-bond donors (Lipinski definition) is 1. The Hall–Kier alpha value is -0.200. The van der Waals surface area contributed by atoms with Crippen LogP contribution in [-0.2, 0) is 14.3 Å². The van der Waals surface area contributed by atoms with Gasteiger partial charge in [0, 0.05) is 6.42 Å². The van der Waals surface area contributed by atoms with Gasteiger partial charge >= 0.3 is 11.9 Å². The van der Waals surface area contributed by atoms with Crippen molar-refractivity contribution in [2.24, 2.45) is 11.8 Å². The Morgan fingerprint density at radius 2 is 1.21 bits per heavy atom. The maximum Gasteiger partial charge on any atom is 0.309 e. The summed E-state index contributed by atoms with van der Waals surface area (Å²) in [5, 5.41) is 9.84. The minimum atomic E-state index is -0.708. The number of rotatable bonds is 11. The van der Waals surface area contributed by atoms with Crippen molar-refractivity contribution in [3.8, 4) is 0 Å². The molecule has 2 fully saturated rings. The molecular weight excluding hydrogens is 462 g/mol. The van der Waals surface area contributed by atoms with Gasteiger partial charge in [-0.3, -0.25) is 9.59 Å². The second-order valence-corrected chi connectivity index (χ2v) is 19.6. The van der Waals surface area contributed by atoms with Crippen LogP contribution < -0.4 is 0 Å². The third-order valence-electron chi connectivity index (χ3n) is 7.43. The van der Waals surface area contributed by atoms with Crippen molar-refractivity contribution in [3.63, 3.8) is 0 Å². The first-order valence-electron chi connectivity index (χ1n) is 13.5. The van der Waals surface area contributed by atoms with Gasteiger partial charge in [-0.2, -0.15) is 0 Å². The molecule has 34 heavy (non-hydrogen) atoms. The van der Waals surface area contributed by atoms with E-state index in [1.54, 1.807) is 0 Å². The van der Waals surface area contributed by atoms with Gasteiger partial charge in [0.2, 0.25) is 0 Å². The molecule has 1 atom stereocenters. The van der Waals surface area contributed by atoms with Crippen molar-refractivity contribution >= 4 is 29.1 Å². The topological polar surface area (TPSA) is 63.6 Å². The first kappa shape index (κ1) is 30.0. The van der Waals surface area contributed by atoms with Crippen molar-refractivity contribution in [3.05, 3.63) is 0 Å². The second-order valence-electron chi connectivity index (χ2n) is 13.7. The van der Waals surface area contributed by atoms with Crippen LogP contribution in [0.15, 0.2) is 0 Å². The molecule has 1 unspecified atom stereocenters. The van der Waals surface area contributed by atoms with Crippen molar-refractivity contribution in [1.82, 2.24) is 0 Å². The molecule has 198 valence electrons. The molecule has 2 aliphatic rings. The Bertz CT molecular complexity index is 667. The highest BCUT2D eigenvalue weighted by molar-refractivity contribution is 7.42. The summed E-state index contributed by atoms with van der Waals surface area (Å²) in [5.74, 6) is -0.286. The molecule has 1 N–H and O–H groups in total. The molecule has 0 aromatic heterocycles. The van der Waals surface area contributed by atoms with E-state index in [0.29, 0.717) is 5.92 Å². The smallest absolute Gasteiger partial charge is 0.309 e. The van der Waals surface area contributed by atoms with Gasteiger partial charge < -0.3 is 9.84 Å². The van der Waals surface area contributed by atoms with Gasteiger partial charge in [-0.15, -0.1) is 17.2 Å². The number of esters is 1. The van der Waals surface area contributed by atoms with Crippen molar-refractivity contribution in [2.75, 3.05) is 0 Å². The number of unbranched alkanes of at least 4 members (excludes halogenated alkanes) is 4. The number of carbonyl (C=O) groups excluding carboxylic acids is 1. The van der Waals surface area contributed by atoms with Crippen LogP contribution in [0.2, 0.25) is 0 Å². The van der Waals surface area contributed by atoms with Crippen LogP contribution in [0.25, 0.3) is 0 Å². The van der Waals surface area contributed by atoms with Crippen LogP contribution in [0.4, 0.5) is 0 Å². The second kappa shape index (κ2) is 11.9. The molecule has 2 saturated heterocycles. The zero-order valence-corrected chi connectivity index (χ0v) is 25.2. The van der Waals surface area contributed by atoms with Gasteiger partial charge in [-0.1, -0.05) is 81.1 Å². The number of carbonyl (C=O) groups is 2. The van der Waals surface area contributed by atoms with Gasteiger partial charge in [-0.25, -0.2) is 0 Å². The van der Waals surface area contributed by atoms with Crippen LogP contribution in [0, 0.1) is 11.8 Å². The molecule has 0 aliphatic carbocycles. The highest BCUT2D eigenvalue weighted by Crippen LogP contribution is 2.57. The SMILES string of the molecule is CC1(C)CC(OC(=O)C(CCCCCCCC(=O)O)C2CC(C)(C)PC(C)(C)C2)CC(C)(C)P1. The zero-order valence-electron chi connectivity index (χ0n) is 23.2. The molecule has 6 heteroatoms. The Balaban J connectivity index is 2.05. The lowest BCUT2D eigenvalue weighted by Gasteiger charge is -2.48. The molecule has 0 aromatic rings. The average Bonchev–Trinajstić information content (AvgIpc) is 2.58. The highest BCUT2D eigenvalue weighted by Gasteiger charge is 2.45. The van der Waals surface area contributed by atoms with Gasteiger partial charge in [-0.05, 0) is 65.1 Å². The largest absolute Gasteiger partial charge is 0.481 e. The fraction of sp³-hybridized carbons (Fsp3) is 0.929. The molecule has 0 bridgehead atoms. The minimum absolute atomic E-state index is 0.0155. The maximum absolute atomic E-state index is 13.7. The van der Waals surface area contributed by atoms with E-state index < -0.39 is 5.97 Å².